The fourth-order valence-electron chi connectivity index (χ4n) is 0.669. The first-order valence-corrected chi connectivity index (χ1v) is 3.31. The van der Waals surface area contributed by atoms with Gasteiger partial charge in [0.2, 0.25) is 0 Å². The van der Waals surface area contributed by atoms with E-state index in [4.69, 9.17) is 0 Å². The van der Waals surface area contributed by atoms with E-state index in [2.05, 4.69) is 6.58 Å². The van der Waals surface area contributed by atoms with Gasteiger partial charge in [0.25, 0.3) is 5.91 Å². The van der Waals surface area contributed by atoms with Crippen LogP contribution >= 0.6 is 0 Å². The molecule has 0 atom stereocenters. The molecular formula is C7H11F2NO. The molecule has 0 bridgehead atoms. The number of carbonyl (C=O) groups is 1. The van der Waals surface area contributed by atoms with Crippen LogP contribution in [-0.4, -0.2) is 30.3 Å². The lowest BCUT2D eigenvalue weighted by Gasteiger charge is -2.17. The molecule has 0 aromatic heterocycles. The topological polar surface area (TPSA) is 20.3 Å². The Hall–Kier alpha value is -0.930. The summed E-state index contributed by atoms with van der Waals surface area (Å²) < 4.78 is 23.5. The molecule has 64 valence electrons. The minimum absolute atomic E-state index is 0.180. The summed E-state index contributed by atoms with van der Waals surface area (Å²) >= 11 is 0. The van der Waals surface area contributed by atoms with E-state index in [-0.39, 0.29) is 13.1 Å². The smallest absolute Gasteiger partial charge is 0.315 e. The third-order valence-electron chi connectivity index (χ3n) is 1.23. The second-order valence-electron chi connectivity index (χ2n) is 1.97. The number of halogens is 2. The van der Waals surface area contributed by atoms with E-state index >= 15 is 0 Å². The monoisotopic (exact) mass is 163 g/mol. The van der Waals surface area contributed by atoms with Gasteiger partial charge in [-0.15, -0.1) is 6.58 Å². The summed E-state index contributed by atoms with van der Waals surface area (Å²) in [6.45, 7) is 5.46. The van der Waals surface area contributed by atoms with Crippen molar-refractivity contribution in [1.82, 2.24) is 4.90 Å². The van der Waals surface area contributed by atoms with Gasteiger partial charge in [-0.1, -0.05) is 6.08 Å². The van der Waals surface area contributed by atoms with Crippen LogP contribution < -0.4 is 0 Å². The van der Waals surface area contributed by atoms with E-state index in [1.807, 2.05) is 0 Å². The Morgan fingerprint density at radius 2 is 2.27 bits per heavy atom. The molecule has 0 saturated carbocycles. The van der Waals surface area contributed by atoms with Crippen LogP contribution in [0.2, 0.25) is 0 Å². The van der Waals surface area contributed by atoms with Crippen molar-refractivity contribution in [2.45, 2.75) is 13.3 Å². The fourth-order valence-corrected chi connectivity index (χ4v) is 0.669. The van der Waals surface area contributed by atoms with Crippen LogP contribution in [0.25, 0.3) is 0 Å². The predicted molar refractivity (Wildman–Crippen MR) is 38.5 cm³/mol. The molecule has 4 heteroatoms. The average molecular weight is 163 g/mol. The Labute approximate surface area is 64.5 Å². The number of carbonyl (C=O) groups excluding carboxylic acids is 1. The standard InChI is InChI=1S/C7H11F2NO/c1-3-5-10(4-2)7(11)6(8)9/h3,6H,1,4-5H2,2H3. The van der Waals surface area contributed by atoms with Crippen LogP contribution in [0.3, 0.4) is 0 Å². The SMILES string of the molecule is C=CCN(CC)C(=O)C(F)F. The van der Waals surface area contributed by atoms with E-state index in [0.717, 1.165) is 4.90 Å². The van der Waals surface area contributed by atoms with Gasteiger partial charge < -0.3 is 4.90 Å². The summed E-state index contributed by atoms with van der Waals surface area (Å²) in [5, 5.41) is 0. The van der Waals surface area contributed by atoms with Crippen LogP contribution in [0.1, 0.15) is 6.92 Å². The van der Waals surface area contributed by atoms with E-state index < -0.39 is 12.3 Å². The zero-order valence-electron chi connectivity index (χ0n) is 6.39. The lowest BCUT2D eigenvalue weighted by Crippen LogP contribution is -2.35. The number of alkyl halides is 2. The summed E-state index contributed by atoms with van der Waals surface area (Å²) in [4.78, 5) is 11.6. The van der Waals surface area contributed by atoms with Gasteiger partial charge >= 0.3 is 6.43 Å². The third kappa shape index (κ3) is 3.11. The molecule has 0 aromatic rings. The first-order chi connectivity index (χ1) is 5.13. The quantitative estimate of drug-likeness (QED) is 0.572. The first-order valence-electron chi connectivity index (χ1n) is 3.31. The minimum Gasteiger partial charge on any atom is -0.334 e. The Kier molecular flexibility index (Phi) is 4.41. The van der Waals surface area contributed by atoms with Gasteiger partial charge in [-0.25, -0.2) is 0 Å². The van der Waals surface area contributed by atoms with Crippen molar-refractivity contribution >= 4 is 5.91 Å². The van der Waals surface area contributed by atoms with E-state index in [1.165, 1.54) is 6.08 Å². The van der Waals surface area contributed by atoms with Crippen LogP contribution in [0.5, 0.6) is 0 Å². The molecule has 0 aromatic carbocycles. The molecule has 0 aliphatic heterocycles. The highest BCUT2D eigenvalue weighted by Crippen LogP contribution is 1.99. The summed E-state index contributed by atoms with van der Waals surface area (Å²) in [6, 6.07) is 0. The van der Waals surface area contributed by atoms with Gasteiger partial charge in [0, 0.05) is 13.1 Å². The molecule has 0 unspecified atom stereocenters. The van der Waals surface area contributed by atoms with Gasteiger partial charge in [0.1, 0.15) is 0 Å². The zero-order valence-corrected chi connectivity index (χ0v) is 6.39. The highest BCUT2D eigenvalue weighted by Gasteiger charge is 2.20. The zero-order chi connectivity index (χ0) is 8.85. The maximum atomic E-state index is 11.8. The molecule has 0 spiro atoms. The average Bonchev–Trinajstić information content (AvgIpc) is 1.98. The fraction of sp³-hybridized carbons (Fsp3) is 0.571. The summed E-state index contributed by atoms with van der Waals surface area (Å²) in [6.07, 6.45) is -1.49. The van der Waals surface area contributed by atoms with Crippen molar-refractivity contribution in [3.05, 3.63) is 12.7 Å². The van der Waals surface area contributed by atoms with Crippen molar-refractivity contribution in [2.75, 3.05) is 13.1 Å². The maximum absolute atomic E-state index is 11.8. The van der Waals surface area contributed by atoms with E-state index in [1.54, 1.807) is 6.92 Å². The van der Waals surface area contributed by atoms with Crippen molar-refractivity contribution < 1.29 is 13.6 Å². The highest BCUT2D eigenvalue weighted by molar-refractivity contribution is 5.79. The maximum Gasteiger partial charge on any atom is 0.315 e. The Morgan fingerprint density at radius 3 is 2.55 bits per heavy atom. The van der Waals surface area contributed by atoms with Crippen LogP contribution in [-0.2, 0) is 4.79 Å². The van der Waals surface area contributed by atoms with Crippen LogP contribution in [0.4, 0.5) is 8.78 Å². The van der Waals surface area contributed by atoms with Crippen molar-refractivity contribution in [2.24, 2.45) is 0 Å². The molecule has 0 aliphatic carbocycles. The Bertz CT molecular complexity index is 147. The molecule has 2 nitrogen and oxygen atoms in total. The Balaban J connectivity index is 4.02. The number of hydrogen-bond donors (Lipinski definition) is 0. The summed E-state index contributed by atoms with van der Waals surface area (Å²) in [7, 11) is 0. The second-order valence-corrected chi connectivity index (χ2v) is 1.97. The molecule has 0 rings (SSSR count). The van der Waals surface area contributed by atoms with Gasteiger partial charge in [0.05, 0.1) is 0 Å². The second kappa shape index (κ2) is 4.82. The molecular weight excluding hydrogens is 152 g/mol. The first kappa shape index (κ1) is 10.1. The van der Waals surface area contributed by atoms with Gasteiger partial charge in [-0.3, -0.25) is 4.79 Å². The molecule has 0 aliphatic rings. The summed E-state index contributed by atoms with van der Waals surface area (Å²) in [5.74, 6) is -1.13. The van der Waals surface area contributed by atoms with Crippen LogP contribution in [0, 0.1) is 0 Å². The van der Waals surface area contributed by atoms with E-state index in [9.17, 15) is 13.6 Å². The molecule has 0 heterocycles. The number of amides is 1. The van der Waals surface area contributed by atoms with E-state index in [0.29, 0.717) is 0 Å². The predicted octanol–water partition coefficient (Wildman–Crippen LogP) is 1.29. The lowest BCUT2D eigenvalue weighted by molar-refractivity contribution is -0.142. The van der Waals surface area contributed by atoms with Gasteiger partial charge in [0.15, 0.2) is 0 Å². The largest absolute Gasteiger partial charge is 0.334 e. The molecule has 0 radical (unpaired) electrons. The molecule has 0 fully saturated rings. The normalized spacial score (nSPS) is 9.82. The molecule has 1 amide bonds. The highest BCUT2D eigenvalue weighted by atomic mass is 19.3. The van der Waals surface area contributed by atoms with Gasteiger partial charge in [-0.05, 0) is 6.92 Å². The number of hydrogen-bond acceptors (Lipinski definition) is 1. The van der Waals surface area contributed by atoms with Crippen LogP contribution in [0.15, 0.2) is 12.7 Å². The minimum atomic E-state index is -2.91. The molecule has 0 N–H and O–H groups in total. The van der Waals surface area contributed by atoms with Gasteiger partial charge in [-0.2, -0.15) is 8.78 Å². The number of nitrogens with zero attached hydrogens (tertiary/aromatic N) is 1. The van der Waals surface area contributed by atoms with Crippen molar-refractivity contribution in [3.63, 3.8) is 0 Å². The molecule has 0 saturated heterocycles. The van der Waals surface area contributed by atoms with Crippen molar-refractivity contribution in [3.8, 4) is 0 Å². The molecule has 11 heavy (non-hydrogen) atoms. The summed E-state index contributed by atoms with van der Waals surface area (Å²) in [5.41, 5.74) is 0. The third-order valence-corrected chi connectivity index (χ3v) is 1.23. The lowest BCUT2D eigenvalue weighted by atomic mass is 10.4. The number of rotatable bonds is 4. The number of likely N-dealkylation sites (N-methyl/N-ethyl adjacent to an activating group) is 1. The Morgan fingerprint density at radius 1 is 1.73 bits per heavy atom. The van der Waals surface area contributed by atoms with Crippen molar-refractivity contribution in [1.29, 1.82) is 0 Å².